The summed E-state index contributed by atoms with van der Waals surface area (Å²) in [7, 11) is 0. The Balaban J connectivity index is 2.08. The number of nitrogens with one attached hydrogen (secondary N) is 2. The van der Waals surface area contributed by atoms with Gasteiger partial charge in [-0.2, -0.15) is 13.2 Å². The highest BCUT2D eigenvalue weighted by molar-refractivity contribution is 5.91. The summed E-state index contributed by atoms with van der Waals surface area (Å²) in [4.78, 5) is 14.2. The average Bonchev–Trinajstić information content (AvgIpc) is 2.64. The number of anilines is 1. The quantitative estimate of drug-likeness (QED) is 0.585. The topological polar surface area (TPSA) is 44.9 Å². The first-order chi connectivity index (χ1) is 12.9. The first-order valence-electron chi connectivity index (χ1n) is 8.90. The molecule has 2 aromatic carbocycles. The Kier molecular flexibility index (Phi) is 5.54. The lowest BCUT2D eigenvalue weighted by Gasteiger charge is -2.31. The number of alkyl halides is 3. The van der Waals surface area contributed by atoms with E-state index in [4.69, 9.17) is 0 Å². The Morgan fingerprint density at radius 2 is 1.74 bits per heavy atom. The average molecular weight is 374 g/mol. The molecule has 2 N–H and O–H groups in total. The largest absolute Gasteiger partial charge is 0.394 e. The molecule has 142 valence electrons. The van der Waals surface area contributed by atoms with Gasteiger partial charge in [0.15, 0.2) is 0 Å². The molecule has 6 heteroatoms. The number of rotatable bonds is 6. The van der Waals surface area contributed by atoms with E-state index in [1.165, 1.54) is 6.07 Å². The van der Waals surface area contributed by atoms with E-state index in [9.17, 15) is 18.0 Å². The monoisotopic (exact) mass is 374 g/mol. The zero-order valence-electron chi connectivity index (χ0n) is 14.9. The van der Waals surface area contributed by atoms with Gasteiger partial charge in [-0.1, -0.05) is 49.7 Å². The van der Waals surface area contributed by atoms with Crippen LogP contribution in [-0.4, -0.2) is 11.2 Å². The SMILES string of the molecule is CCCC(C(Nc1cccc2[nH]c(=O)ccc12)c1ccccc1)C(F)(F)F. The van der Waals surface area contributed by atoms with E-state index >= 15 is 0 Å². The van der Waals surface area contributed by atoms with Crippen molar-refractivity contribution in [1.29, 1.82) is 0 Å². The van der Waals surface area contributed by atoms with Gasteiger partial charge in [0.1, 0.15) is 0 Å². The third kappa shape index (κ3) is 4.32. The fourth-order valence-corrected chi connectivity index (χ4v) is 3.39. The zero-order valence-corrected chi connectivity index (χ0v) is 14.9. The van der Waals surface area contributed by atoms with Crippen LogP contribution in [-0.2, 0) is 0 Å². The van der Waals surface area contributed by atoms with Gasteiger partial charge in [-0.15, -0.1) is 0 Å². The first kappa shape index (κ1) is 19.0. The van der Waals surface area contributed by atoms with Gasteiger partial charge in [-0.3, -0.25) is 4.79 Å². The third-order valence-corrected chi connectivity index (χ3v) is 4.66. The van der Waals surface area contributed by atoms with Gasteiger partial charge in [-0.25, -0.2) is 0 Å². The molecule has 0 saturated heterocycles. The van der Waals surface area contributed by atoms with Gasteiger partial charge in [0.05, 0.1) is 17.5 Å². The Labute approximate surface area is 155 Å². The summed E-state index contributed by atoms with van der Waals surface area (Å²) in [5.41, 5.74) is 1.47. The number of aromatic nitrogens is 1. The molecule has 2 atom stereocenters. The second-order valence-corrected chi connectivity index (χ2v) is 6.56. The molecule has 0 radical (unpaired) electrons. The highest BCUT2D eigenvalue weighted by Crippen LogP contribution is 2.41. The highest BCUT2D eigenvalue weighted by Gasteiger charge is 2.44. The molecule has 0 aliphatic carbocycles. The van der Waals surface area contributed by atoms with Crippen LogP contribution in [0.3, 0.4) is 0 Å². The van der Waals surface area contributed by atoms with Crippen molar-refractivity contribution in [3.63, 3.8) is 0 Å². The van der Waals surface area contributed by atoms with Gasteiger partial charge in [-0.05, 0) is 30.2 Å². The van der Waals surface area contributed by atoms with E-state index < -0.39 is 18.1 Å². The summed E-state index contributed by atoms with van der Waals surface area (Å²) in [5, 5.41) is 3.78. The molecule has 3 aromatic rings. The fourth-order valence-electron chi connectivity index (χ4n) is 3.39. The van der Waals surface area contributed by atoms with Crippen LogP contribution in [0.4, 0.5) is 18.9 Å². The van der Waals surface area contributed by atoms with E-state index in [0.717, 1.165) is 0 Å². The molecule has 2 unspecified atom stereocenters. The van der Waals surface area contributed by atoms with Crippen LogP contribution in [0.5, 0.6) is 0 Å². The first-order valence-corrected chi connectivity index (χ1v) is 8.90. The van der Waals surface area contributed by atoms with E-state index in [1.807, 2.05) is 0 Å². The molecule has 3 nitrogen and oxygen atoms in total. The number of benzene rings is 2. The number of fused-ring (bicyclic) bond motifs is 1. The Morgan fingerprint density at radius 1 is 1.00 bits per heavy atom. The second-order valence-electron chi connectivity index (χ2n) is 6.56. The van der Waals surface area contributed by atoms with Crippen LogP contribution >= 0.6 is 0 Å². The van der Waals surface area contributed by atoms with E-state index in [2.05, 4.69) is 10.3 Å². The maximum absolute atomic E-state index is 13.8. The molecule has 0 saturated carbocycles. The Hall–Kier alpha value is -2.76. The smallest absolute Gasteiger partial charge is 0.377 e. The summed E-state index contributed by atoms with van der Waals surface area (Å²) in [6, 6.07) is 15.9. The normalized spacial score (nSPS) is 14.1. The van der Waals surface area contributed by atoms with Gasteiger partial charge in [0.25, 0.3) is 0 Å². The van der Waals surface area contributed by atoms with Gasteiger partial charge in [0.2, 0.25) is 5.56 Å². The lowest BCUT2D eigenvalue weighted by atomic mass is 9.88. The van der Waals surface area contributed by atoms with Crippen molar-refractivity contribution < 1.29 is 13.2 Å². The van der Waals surface area contributed by atoms with Crippen LogP contribution in [0, 0.1) is 5.92 Å². The van der Waals surface area contributed by atoms with Crippen molar-refractivity contribution in [2.24, 2.45) is 5.92 Å². The Bertz CT molecular complexity index is 951. The molecule has 0 amide bonds. The van der Waals surface area contributed by atoms with Gasteiger partial charge >= 0.3 is 6.18 Å². The van der Waals surface area contributed by atoms with Crippen molar-refractivity contribution in [2.75, 3.05) is 5.32 Å². The maximum atomic E-state index is 13.8. The van der Waals surface area contributed by atoms with Crippen molar-refractivity contribution in [3.05, 3.63) is 76.6 Å². The van der Waals surface area contributed by atoms with Crippen molar-refractivity contribution >= 4 is 16.6 Å². The molecule has 27 heavy (non-hydrogen) atoms. The minimum Gasteiger partial charge on any atom is -0.377 e. The molecular formula is C21H21F3N2O. The Morgan fingerprint density at radius 3 is 2.41 bits per heavy atom. The molecule has 0 aliphatic rings. The predicted octanol–water partition coefficient (Wildman–Crippen LogP) is 5.66. The lowest BCUT2D eigenvalue weighted by Crippen LogP contribution is -2.33. The number of pyridine rings is 1. The molecule has 0 spiro atoms. The predicted molar refractivity (Wildman–Crippen MR) is 102 cm³/mol. The van der Waals surface area contributed by atoms with E-state index in [0.29, 0.717) is 28.6 Å². The van der Waals surface area contributed by atoms with Crippen molar-refractivity contribution in [1.82, 2.24) is 4.98 Å². The summed E-state index contributed by atoms with van der Waals surface area (Å²) in [5.74, 6) is -1.53. The summed E-state index contributed by atoms with van der Waals surface area (Å²) in [6.07, 6.45) is -3.88. The number of aromatic amines is 1. The molecule has 0 aliphatic heterocycles. The fraction of sp³-hybridized carbons (Fsp3) is 0.286. The van der Waals surface area contributed by atoms with E-state index in [-0.39, 0.29) is 12.0 Å². The van der Waals surface area contributed by atoms with Crippen LogP contribution in [0.2, 0.25) is 0 Å². The minimum absolute atomic E-state index is 0.0255. The van der Waals surface area contributed by atoms with Crippen molar-refractivity contribution in [2.45, 2.75) is 32.0 Å². The third-order valence-electron chi connectivity index (χ3n) is 4.66. The number of hydrogen-bond acceptors (Lipinski definition) is 2. The van der Waals surface area contributed by atoms with Crippen LogP contribution < -0.4 is 10.9 Å². The maximum Gasteiger partial charge on any atom is 0.394 e. The zero-order chi connectivity index (χ0) is 19.4. The molecule has 3 rings (SSSR count). The molecule has 1 heterocycles. The lowest BCUT2D eigenvalue weighted by molar-refractivity contribution is -0.181. The number of H-pyrrole nitrogens is 1. The molecule has 0 fully saturated rings. The van der Waals surface area contributed by atoms with Crippen molar-refractivity contribution in [3.8, 4) is 0 Å². The van der Waals surface area contributed by atoms with Crippen LogP contribution in [0.25, 0.3) is 10.9 Å². The summed E-state index contributed by atoms with van der Waals surface area (Å²) < 4.78 is 41.5. The summed E-state index contributed by atoms with van der Waals surface area (Å²) >= 11 is 0. The summed E-state index contributed by atoms with van der Waals surface area (Å²) in [6.45, 7) is 1.75. The molecule has 0 bridgehead atoms. The number of hydrogen-bond donors (Lipinski definition) is 2. The van der Waals surface area contributed by atoms with Crippen LogP contribution in [0.1, 0.15) is 31.4 Å². The highest BCUT2D eigenvalue weighted by atomic mass is 19.4. The molecule has 1 aromatic heterocycles. The van der Waals surface area contributed by atoms with E-state index in [1.54, 1.807) is 61.5 Å². The number of halogens is 3. The van der Waals surface area contributed by atoms with Gasteiger partial charge in [0, 0.05) is 17.1 Å². The standard InChI is InChI=1S/C21H21F3N2O/c1-2-7-16(21(22,23)24)20(14-8-4-3-5-9-14)26-18-11-6-10-17-15(18)12-13-19(27)25-17/h3-6,8-13,16,20,26H,2,7H2,1H3,(H,25,27). The van der Waals surface area contributed by atoms with Gasteiger partial charge < -0.3 is 10.3 Å². The minimum atomic E-state index is -4.33. The molecular weight excluding hydrogens is 353 g/mol. The second kappa shape index (κ2) is 7.86. The van der Waals surface area contributed by atoms with Crippen LogP contribution in [0.15, 0.2) is 65.5 Å².